The van der Waals surface area contributed by atoms with Crippen LogP contribution in [0.2, 0.25) is 5.02 Å². The molecular weight excluding hydrogens is 476 g/mol. The van der Waals surface area contributed by atoms with Crippen LogP contribution in [0, 0.1) is 0 Å². The SMILES string of the molecule is Clc1ccc(C2=NN(c3ccccc3Br)[C@H](c3ccc(Br)cc3)C2)cc1. The van der Waals surface area contributed by atoms with E-state index in [1.54, 1.807) is 0 Å². The highest BCUT2D eigenvalue weighted by atomic mass is 79.9. The number of rotatable bonds is 3. The molecule has 2 nitrogen and oxygen atoms in total. The van der Waals surface area contributed by atoms with Crippen LogP contribution in [0.15, 0.2) is 86.8 Å². The monoisotopic (exact) mass is 488 g/mol. The molecule has 130 valence electrons. The molecule has 0 aliphatic carbocycles. The molecule has 0 spiro atoms. The summed E-state index contributed by atoms with van der Waals surface area (Å²) in [6.45, 7) is 0. The largest absolute Gasteiger partial charge is 0.256 e. The summed E-state index contributed by atoms with van der Waals surface area (Å²) in [6, 6.07) is 24.7. The van der Waals surface area contributed by atoms with Gasteiger partial charge in [-0.1, -0.05) is 63.9 Å². The molecule has 0 radical (unpaired) electrons. The van der Waals surface area contributed by atoms with Gasteiger partial charge in [-0.3, -0.25) is 5.01 Å². The zero-order chi connectivity index (χ0) is 18.1. The molecule has 4 rings (SSSR count). The number of hydrazone groups is 1. The van der Waals surface area contributed by atoms with Crippen molar-refractivity contribution in [2.24, 2.45) is 5.10 Å². The molecule has 0 fully saturated rings. The lowest BCUT2D eigenvalue weighted by atomic mass is 9.98. The average molecular weight is 491 g/mol. The first kappa shape index (κ1) is 17.8. The molecule has 3 aromatic rings. The van der Waals surface area contributed by atoms with Crippen LogP contribution in [-0.4, -0.2) is 5.71 Å². The fraction of sp³-hybridized carbons (Fsp3) is 0.0952. The molecule has 0 amide bonds. The lowest BCUT2D eigenvalue weighted by Gasteiger charge is -2.25. The smallest absolute Gasteiger partial charge is 0.0832 e. The summed E-state index contributed by atoms with van der Waals surface area (Å²) in [7, 11) is 0. The minimum Gasteiger partial charge on any atom is -0.256 e. The normalized spacial score (nSPS) is 16.7. The van der Waals surface area contributed by atoms with Crippen LogP contribution >= 0.6 is 43.5 Å². The topological polar surface area (TPSA) is 15.6 Å². The van der Waals surface area contributed by atoms with Gasteiger partial charge in [0.1, 0.15) is 0 Å². The molecule has 0 unspecified atom stereocenters. The van der Waals surface area contributed by atoms with Crippen molar-refractivity contribution in [3.63, 3.8) is 0 Å². The molecule has 0 saturated carbocycles. The maximum Gasteiger partial charge on any atom is 0.0832 e. The maximum absolute atomic E-state index is 6.04. The summed E-state index contributed by atoms with van der Waals surface area (Å²) in [6.07, 6.45) is 0.838. The molecule has 0 aromatic heterocycles. The molecule has 0 bridgehead atoms. The highest BCUT2D eigenvalue weighted by Gasteiger charge is 2.30. The Morgan fingerprint density at radius 1 is 0.885 bits per heavy atom. The second-order valence-electron chi connectivity index (χ2n) is 6.12. The van der Waals surface area contributed by atoms with Crippen LogP contribution in [0.3, 0.4) is 0 Å². The second kappa shape index (κ2) is 7.55. The van der Waals surface area contributed by atoms with Gasteiger partial charge in [0, 0.05) is 20.4 Å². The third kappa shape index (κ3) is 3.59. The minimum absolute atomic E-state index is 0.146. The number of nitrogens with zero attached hydrogens (tertiary/aromatic N) is 2. The zero-order valence-electron chi connectivity index (χ0n) is 13.7. The van der Waals surface area contributed by atoms with Crippen LogP contribution in [-0.2, 0) is 0 Å². The van der Waals surface area contributed by atoms with Crippen molar-refractivity contribution in [2.45, 2.75) is 12.5 Å². The van der Waals surface area contributed by atoms with E-state index in [9.17, 15) is 0 Å². The Balaban J connectivity index is 1.77. The Labute approximate surface area is 174 Å². The van der Waals surface area contributed by atoms with E-state index in [4.69, 9.17) is 16.7 Å². The zero-order valence-corrected chi connectivity index (χ0v) is 17.7. The van der Waals surface area contributed by atoms with Gasteiger partial charge in [0.05, 0.1) is 17.4 Å². The highest BCUT2D eigenvalue weighted by molar-refractivity contribution is 9.10. The molecule has 1 heterocycles. The predicted octanol–water partition coefficient (Wildman–Crippen LogP) is 7.22. The van der Waals surface area contributed by atoms with E-state index in [-0.39, 0.29) is 6.04 Å². The fourth-order valence-electron chi connectivity index (χ4n) is 3.13. The van der Waals surface area contributed by atoms with Gasteiger partial charge in [-0.15, -0.1) is 0 Å². The molecule has 1 atom stereocenters. The van der Waals surface area contributed by atoms with Crippen molar-refractivity contribution >= 4 is 54.9 Å². The molecule has 1 aliphatic rings. The fourth-order valence-corrected chi connectivity index (χ4v) is 3.99. The molecule has 26 heavy (non-hydrogen) atoms. The van der Waals surface area contributed by atoms with E-state index in [0.29, 0.717) is 0 Å². The van der Waals surface area contributed by atoms with Gasteiger partial charge in [-0.05, 0) is 63.5 Å². The first-order valence-electron chi connectivity index (χ1n) is 8.24. The predicted molar refractivity (Wildman–Crippen MR) is 116 cm³/mol. The molecular formula is C21H15Br2ClN2. The third-order valence-electron chi connectivity index (χ3n) is 4.44. The van der Waals surface area contributed by atoms with Crippen molar-refractivity contribution in [1.29, 1.82) is 0 Å². The van der Waals surface area contributed by atoms with E-state index in [1.165, 1.54) is 5.56 Å². The van der Waals surface area contributed by atoms with Gasteiger partial charge < -0.3 is 0 Å². The quantitative estimate of drug-likeness (QED) is 0.378. The van der Waals surface area contributed by atoms with E-state index in [0.717, 1.165) is 37.4 Å². The molecule has 0 N–H and O–H groups in total. The van der Waals surface area contributed by atoms with E-state index < -0.39 is 0 Å². The first-order valence-corrected chi connectivity index (χ1v) is 10.2. The molecule has 3 aromatic carbocycles. The van der Waals surface area contributed by atoms with Crippen LogP contribution in [0.4, 0.5) is 5.69 Å². The summed E-state index contributed by atoms with van der Waals surface area (Å²) in [5.74, 6) is 0. The van der Waals surface area contributed by atoms with Gasteiger partial charge in [-0.2, -0.15) is 5.10 Å². The summed E-state index contributed by atoms with van der Waals surface area (Å²) in [5.41, 5.74) is 4.46. The number of halogens is 3. The van der Waals surface area contributed by atoms with Gasteiger partial charge in [0.15, 0.2) is 0 Å². The Morgan fingerprint density at radius 3 is 2.27 bits per heavy atom. The standard InChI is InChI=1S/C21H15Br2ClN2/c22-16-9-5-15(6-10-16)21-13-19(14-7-11-17(24)12-8-14)25-26(21)20-4-2-1-3-18(20)23/h1-12,21H,13H2/t21-/m0/s1. The van der Waals surface area contributed by atoms with Crippen molar-refractivity contribution in [2.75, 3.05) is 5.01 Å². The van der Waals surface area contributed by atoms with Gasteiger partial charge in [-0.25, -0.2) is 0 Å². The Morgan fingerprint density at radius 2 is 1.58 bits per heavy atom. The van der Waals surface area contributed by atoms with Crippen molar-refractivity contribution < 1.29 is 0 Å². The van der Waals surface area contributed by atoms with Crippen LogP contribution in [0.5, 0.6) is 0 Å². The van der Waals surface area contributed by atoms with E-state index in [1.807, 2.05) is 42.5 Å². The van der Waals surface area contributed by atoms with Gasteiger partial charge in [0.2, 0.25) is 0 Å². The summed E-state index contributed by atoms with van der Waals surface area (Å²) < 4.78 is 2.11. The van der Waals surface area contributed by atoms with Crippen molar-refractivity contribution in [3.05, 3.63) is 97.9 Å². The Kier molecular flexibility index (Phi) is 5.16. The number of benzene rings is 3. The average Bonchev–Trinajstić information content (AvgIpc) is 3.08. The molecule has 0 saturated heterocycles. The minimum atomic E-state index is 0.146. The van der Waals surface area contributed by atoms with Gasteiger partial charge in [0.25, 0.3) is 0 Å². The maximum atomic E-state index is 6.04. The first-order chi connectivity index (χ1) is 12.6. The lowest BCUT2D eigenvalue weighted by molar-refractivity contribution is 0.707. The summed E-state index contributed by atoms with van der Waals surface area (Å²) >= 11 is 13.2. The number of anilines is 1. The second-order valence-corrected chi connectivity index (χ2v) is 8.33. The highest BCUT2D eigenvalue weighted by Crippen LogP contribution is 2.40. The van der Waals surface area contributed by atoms with Gasteiger partial charge >= 0.3 is 0 Å². The number of hydrogen-bond donors (Lipinski definition) is 0. The summed E-state index contributed by atoms with van der Waals surface area (Å²) in [4.78, 5) is 0. The van der Waals surface area contributed by atoms with Crippen LogP contribution in [0.25, 0.3) is 0 Å². The Bertz CT molecular complexity index is 953. The van der Waals surface area contributed by atoms with E-state index >= 15 is 0 Å². The van der Waals surface area contributed by atoms with E-state index in [2.05, 4.69) is 67.2 Å². The third-order valence-corrected chi connectivity index (χ3v) is 5.89. The molecule has 5 heteroatoms. The van der Waals surface area contributed by atoms with Crippen molar-refractivity contribution in [1.82, 2.24) is 0 Å². The molecule has 1 aliphatic heterocycles. The van der Waals surface area contributed by atoms with Crippen molar-refractivity contribution in [3.8, 4) is 0 Å². The van der Waals surface area contributed by atoms with Crippen LogP contribution in [0.1, 0.15) is 23.6 Å². The van der Waals surface area contributed by atoms with Crippen LogP contribution < -0.4 is 5.01 Å². The lowest BCUT2D eigenvalue weighted by Crippen LogP contribution is -2.18. The number of hydrogen-bond acceptors (Lipinski definition) is 2. The summed E-state index contributed by atoms with van der Waals surface area (Å²) in [5, 5.41) is 7.81. The number of para-hydroxylation sites is 1. The Hall–Kier alpha value is -1.62.